The van der Waals surface area contributed by atoms with Crippen molar-refractivity contribution in [2.75, 3.05) is 6.54 Å². The molecule has 1 unspecified atom stereocenters. The van der Waals surface area contributed by atoms with Crippen LogP contribution in [0.2, 0.25) is 0 Å². The van der Waals surface area contributed by atoms with E-state index in [0.717, 1.165) is 5.56 Å². The third kappa shape index (κ3) is 2.83. The first-order valence-electron chi connectivity index (χ1n) is 6.18. The highest BCUT2D eigenvalue weighted by Crippen LogP contribution is 2.29. The predicted octanol–water partition coefficient (Wildman–Crippen LogP) is 2.64. The van der Waals surface area contributed by atoms with Crippen LogP contribution in [0.25, 0.3) is 0 Å². The molecule has 0 saturated heterocycles. The summed E-state index contributed by atoms with van der Waals surface area (Å²) in [7, 11) is 0. The third-order valence-electron chi connectivity index (χ3n) is 3.61. The molecule has 2 N–H and O–H groups in total. The molecule has 88 valence electrons. The molecule has 1 aliphatic rings. The van der Waals surface area contributed by atoms with Crippen molar-refractivity contribution in [1.82, 2.24) is 5.32 Å². The van der Waals surface area contributed by atoms with Crippen LogP contribution in [0.3, 0.4) is 0 Å². The first kappa shape index (κ1) is 11.6. The van der Waals surface area contributed by atoms with E-state index in [0.29, 0.717) is 6.54 Å². The number of β-amino-alcohol motifs (C(OH)–C–C–N with tert-alkyl or cyclic N) is 1. The maximum Gasteiger partial charge on any atom is 0.0914 e. The molecule has 0 radical (unpaired) electrons. The van der Waals surface area contributed by atoms with Crippen LogP contribution in [0.5, 0.6) is 0 Å². The molecule has 0 amide bonds. The molecule has 1 saturated carbocycles. The van der Waals surface area contributed by atoms with E-state index in [9.17, 15) is 5.11 Å². The number of hydrogen-bond donors (Lipinski definition) is 2. The van der Waals surface area contributed by atoms with Crippen LogP contribution in [-0.4, -0.2) is 17.2 Å². The standard InChI is InChI=1S/C14H21NO/c1-14(9-5-6-10-14)15-11-13(16)12-7-3-2-4-8-12/h2-4,7-8,13,15-16H,5-6,9-11H2,1H3. The van der Waals surface area contributed by atoms with Gasteiger partial charge in [-0.2, -0.15) is 0 Å². The molecular weight excluding hydrogens is 198 g/mol. The summed E-state index contributed by atoms with van der Waals surface area (Å²) in [5.41, 5.74) is 1.24. The summed E-state index contributed by atoms with van der Waals surface area (Å²) < 4.78 is 0. The van der Waals surface area contributed by atoms with Crippen LogP contribution >= 0.6 is 0 Å². The van der Waals surface area contributed by atoms with Crippen molar-refractivity contribution in [3.05, 3.63) is 35.9 Å². The second-order valence-corrected chi connectivity index (χ2v) is 5.08. The molecular formula is C14H21NO. The molecule has 1 aromatic carbocycles. The number of rotatable bonds is 4. The molecule has 2 heteroatoms. The molecule has 2 nitrogen and oxygen atoms in total. The molecule has 0 spiro atoms. The SMILES string of the molecule is CC1(NCC(O)c2ccccc2)CCCC1. The Morgan fingerprint density at radius 1 is 1.25 bits per heavy atom. The molecule has 0 bridgehead atoms. The summed E-state index contributed by atoms with van der Waals surface area (Å²) in [6.45, 7) is 2.91. The van der Waals surface area contributed by atoms with Crippen molar-refractivity contribution in [3.8, 4) is 0 Å². The van der Waals surface area contributed by atoms with Gasteiger partial charge in [0, 0.05) is 12.1 Å². The molecule has 1 aromatic rings. The second-order valence-electron chi connectivity index (χ2n) is 5.08. The van der Waals surface area contributed by atoms with Gasteiger partial charge in [0.25, 0.3) is 0 Å². The molecule has 1 atom stereocenters. The van der Waals surface area contributed by atoms with E-state index in [4.69, 9.17) is 0 Å². The predicted molar refractivity (Wildman–Crippen MR) is 66.3 cm³/mol. The van der Waals surface area contributed by atoms with Crippen LogP contribution in [0.15, 0.2) is 30.3 Å². The quantitative estimate of drug-likeness (QED) is 0.816. The van der Waals surface area contributed by atoms with Gasteiger partial charge in [-0.05, 0) is 25.3 Å². The normalized spacial score (nSPS) is 20.9. The molecule has 0 heterocycles. The Morgan fingerprint density at radius 3 is 2.50 bits per heavy atom. The molecule has 0 aromatic heterocycles. The highest BCUT2D eigenvalue weighted by Gasteiger charge is 2.28. The molecule has 0 aliphatic heterocycles. The van der Waals surface area contributed by atoms with Crippen molar-refractivity contribution in [1.29, 1.82) is 0 Å². The largest absolute Gasteiger partial charge is 0.387 e. The topological polar surface area (TPSA) is 32.3 Å². The third-order valence-corrected chi connectivity index (χ3v) is 3.61. The van der Waals surface area contributed by atoms with Gasteiger partial charge in [-0.1, -0.05) is 43.2 Å². The fraction of sp³-hybridized carbons (Fsp3) is 0.571. The van der Waals surface area contributed by atoms with Gasteiger partial charge in [-0.25, -0.2) is 0 Å². The van der Waals surface area contributed by atoms with E-state index in [1.54, 1.807) is 0 Å². The van der Waals surface area contributed by atoms with Gasteiger partial charge in [0.05, 0.1) is 6.10 Å². The zero-order valence-corrected chi connectivity index (χ0v) is 9.95. The van der Waals surface area contributed by atoms with Gasteiger partial charge in [0.2, 0.25) is 0 Å². The molecule has 1 aliphatic carbocycles. The first-order chi connectivity index (χ1) is 7.70. The smallest absolute Gasteiger partial charge is 0.0914 e. The van der Waals surface area contributed by atoms with Crippen molar-refractivity contribution in [2.45, 2.75) is 44.2 Å². The van der Waals surface area contributed by atoms with Gasteiger partial charge in [-0.3, -0.25) is 0 Å². The Balaban J connectivity index is 1.86. The minimum absolute atomic E-state index is 0.246. The minimum Gasteiger partial charge on any atom is -0.387 e. The van der Waals surface area contributed by atoms with Gasteiger partial charge < -0.3 is 10.4 Å². The summed E-state index contributed by atoms with van der Waals surface area (Å²) in [6, 6.07) is 9.86. The number of benzene rings is 1. The van der Waals surface area contributed by atoms with Crippen LogP contribution < -0.4 is 5.32 Å². The van der Waals surface area contributed by atoms with E-state index in [2.05, 4.69) is 12.2 Å². The average molecular weight is 219 g/mol. The minimum atomic E-state index is -0.390. The summed E-state index contributed by atoms with van der Waals surface area (Å²) >= 11 is 0. The number of aliphatic hydroxyl groups is 1. The summed E-state index contributed by atoms with van der Waals surface area (Å²) in [6.07, 6.45) is 4.69. The number of nitrogens with one attached hydrogen (secondary N) is 1. The van der Waals surface area contributed by atoms with Gasteiger partial charge in [0.1, 0.15) is 0 Å². The highest BCUT2D eigenvalue weighted by molar-refractivity contribution is 5.17. The van der Waals surface area contributed by atoms with Crippen LogP contribution in [-0.2, 0) is 0 Å². The molecule has 1 fully saturated rings. The Bertz CT molecular complexity index is 317. The summed E-state index contributed by atoms with van der Waals surface area (Å²) in [4.78, 5) is 0. The number of hydrogen-bond acceptors (Lipinski definition) is 2. The van der Waals surface area contributed by atoms with Crippen molar-refractivity contribution in [3.63, 3.8) is 0 Å². The Kier molecular flexibility index (Phi) is 3.62. The number of aliphatic hydroxyl groups excluding tert-OH is 1. The lowest BCUT2D eigenvalue weighted by Gasteiger charge is -2.27. The molecule has 16 heavy (non-hydrogen) atoms. The van der Waals surface area contributed by atoms with E-state index >= 15 is 0 Å². The zero-order chi connectivity index (χ0) is 11.4. The fourth-order valence-electron chi connectivity index (χ4n) is 2.47. The lowest BCUT2D eigenvalue weighted by Crippen LogP contribution is -2.41. The van der Waals surface area contributed by atoms with Crippen LogP contribution in [0.4, 0.5) is 0 Å². The zero-order valence-electron chi connectivity index (χ0n) is 9.95. The molecule has 2 rings (SSSR count). The van der Waals surface area contributed by atoms with Gasteiger partial charge >= 0.3 is 0 Å². The van der Waals surface area contributed by atoms with E-state index in [1.165, 1.54) is 25.7 Å². The van der Waals surface area contributed by atoms with Crippen molar-refractivity contribution < 1.29 is 5.11 Å². The lowest BCUT2D eigenvalue weighted by atomic mass is 10.00. The second kappa shape index (κ2) is 4.98. The van der Waals surface area contributed by atoms with E-state index < -0.39 is 6.10 Å². The highest BCUT2D eigenvalue weighted by atomic mass is 16.3. The van der Waals surface area contributed by atoms with Crippen LogP contribution in [0.1, 0.15) is 44.3 Å². The van der Waals surface area contributed by atoms with E-state index in [-0.39, 0.29) is 5.54 Å². The summed E-state index contributed by atoms with van der Waals surface area (Å²) in [5, 5.41) is 13.5. The van der Waals surface area contributed by atoms with E-state index in [1.807, 2.05) is 30.3 Å². The maximum absolute atomic E-state index is 10.0. The first-order valence-corrected chi connectivity index (χ1v) is 6.18. The maximum atomic E-state index is 10.0. The summed E-state index contributed by atoms with van der Waals surface area (Å²) in [5.74, 6) is 0. The monoisotopic (exact) mass is 219 g/mol. The van der Waals surface area contributed by atoms with Crippen molar-refractivity contribution >= 4 is 0 Å². The van der Waals surface area contributed by atoms with Gasteiger partial charge in [0.15, 0.2) is 0 Å². The lowest BCUT2D eigenvalue weighted by molar-refractivity contribution is 0.159. The fourth-order valence-corrected chi connectivity index (χ4v) is 2.47. The van der Waals surface area contributed by atoms with Crippen LogP contribution in [0, 0.1) is 0 Å². The Hall–Kier alpha value is -0.860. The average Bonchev–Trinajstić information content (AvgIpc) is 2.75. The van der Waals surface area contributed by atoms with Crippen molar-refractivity contribution in [2.24, 2.45) is 0 Å². The van der Waals surface area contributed by atoms with Gasteiger partial charge in [-0.15, -0.1) is 0 Å². The Morgan fingerprint density at radius 2 is 1.88 bits per heavy atom. The Labute approximate surface area is 97.7 Å².